The van der Waals surface area contributed by atoms with Crippen LogP contribution in [0, 0.1) is 0 Å². The van der Waals surface area contributed by atoms with Gasteiger partial charge in [-0.05, 0) is 36.4 Å². The third-order valence-corrected chi connectivity index (χ3v) is 3.70. The third-order valence-electron chi connectivity index (χ3n) is 2.87. The Balaban J connectivity index is 2.22. The van der Waals surface area contributed by atoms with Gasteiger partial charge in [0.25, 0.3) is 0 Å². The fraction of sp³-hybridized carbons (Fsp3) is 0.133. The van der Waals surface area contributed by atoms with Crippen LogP contribution in [0.25, 0.3) is 0 Å². The summed E-state index contributed by atoms with van der Waals surface area (Å²) in [6.45, 7) is 0. The van der Waals surface area contributed by atoms with E-state index in [-0.39, 0.29) is 10.7 Å². The van der Waals surface area contributed by atoms with E-state index in [1.54, 1.807) is 18.2 Å². The second-order valence-electron chi connectivity index (χ2n) is 4.45. The second-order valence-corrected chi connectivity index (χ2v) is 5.77. The average Bonchev–Trinajstić information content (AvgIpc) is 2.48. The first-order valence-corrected chi connectivity index (χ1v) is 7.47. The molecule has 8 heteroatoms. The molecule has 0 saturated heterocycles. The maximum Gasteiger partial charge on any atom is 0.416 e. The van der Waals surface area contributed by atoms with Crippen molar-refractivity contribution in [2.75, 3.05) is 12.5 Å². The van der Waals surface area contributed by atoms with Gasteiger partial charge in [0.05, 0.1) is 29.6 Å². The van der Waals surface area contributed by atoms with E-state index in [2.05, 4.69) is 26.5 Å². The summed E-state index contributed by atoms with van der Waals surface area (Å²) in [5, 5.41) is 4.05. The van der Waals surface area contributed by atoms with Crippen LogP contribution < -0.4 is 10.2 Å². The predicted molar refractivity (Wildman–Crippen MR) is 88.4 cm³/mol. The number of nitrogens with zero attached hydrogens (tertiary/aromatic N) is 1. The summed E-state index contributed by atoms with van der Waals surface area (Å²) in [5.74, 6) is 0.578. The van der Waals surface area contributed by atoms with Crippen LogP contribution >= 0.6 is 27.5 Å². The van der Waals surface area contributed by atoms with Crippen LogP contribution in [-0.2, 0) is 6.18 Å². The predicted octanol–water partition coefficient (Wildman–Crippen LogP) is 5.58. The molecule has 0 aliphatic rings. The summed E-state index contributed by atoms with van der Waals surface area (Å²) in [5.41, 5.74) is 2.42. The third kappa shape index (κ3) is 4.62. The Bertz CT molecular complexity index is 735. The minimum absolute atomic E-state index is 0.0618. The summed E-state index contributed by atoms with van der Waals surface area (Å²) in [4.78, 5) is 0. The van der Waals surface area contributed by atoms with Gasteiger partial charge < -0.3 is 4.74 Å². The molecule has 0 aliphatic heterocycles. The molecule has 122 valence electrons. The van der Waals surface area contributed by atoms with Crippen LogP contribution in [0.2, 0.25) is 5.02 Å². The van der Waals surface area contributed by atoms with Gasteiger partial charge >= 0.3 is 6.18 Å². The fourth-order valence-electron chi connectivity index (χ4n) is 1.76. The van der Waals surface area contributed by atoms with Gasteiger partial charge in [0.1, 0.15) is 5.75 Å². The molecule has 0 bridgehead atoms. The van der Waals surface area contributed by atoms with E-state index in [1.165, 1.54) is 19.4 Å². The molecule has 0 fully saturated rings. The number of rotatable bonds is 4. The zero-order valence-corrected chi connectivity index (χ0v) is 14.1. The van der Waals surface area contributed by atoms with E-state index < -0.39 is 11.7 Å². The van der Waals surface area contributed by atoms with Crippen molar-refractivity contribution in [1.82, 2.24) is 0 Å². The number of alkyl halides is 3. The van der Waals surface area contributed by atoms with Gasteiger partial charge in [-0.15, -0.1) is 0 Å². The maximum atomic E-state index is 12.7. The minimum Gasteiger partial charge on any atom is -0.496 e. The number of ether oxygens (including phenoxy) is 1. The Morgan fingerprint density at radius 2 is 1.96 bits per heavy atom. The zero-order chi connectivity index (χ0) is 17.0. The van der Waals surface area contributed by atoms with E-state index in [9.17, 15) is 13.2 Å². The lowest BCUT2D eigenvalue weighted by Crippen LogP contribution is -2.05. The molecule has 0 aliphatic carbocycles. The first-order valence-electron chi connectivity index (χ1n) is 6.30. The van der Waals surface area contributed by atoms with E-state index in [1.807, 2.05) is 0 Å². The SMILES string of the molecule is COc1ccc(Br)cc1/C=N\Nc1cc(C(F)(F)F)ccc1Cl. The highest BCUT2D eigenvalue weighted by molar-refractivity contribution is 9.10. The van der Waals surface area contributed by atoms with E-state index >= 15 is 0 Å². The molecule has 0 spiro atoms. The highest BCUT2D eigenvalue weighted by Crippen LogP contribution is 2.33. The molecule has 0 amide bonds. The van der Waals surface area contributed by atoms with Gasteiger partial charge in [0.2, 0.25) is 0 Å². The van der Waals surface area contributed by atoms with Gasteiger partial charge in [0, 0.05) is 10.0 Å². The molecule has 0 radical (unpaired) electrons. The molecule has 2 rings (SSSR count). The van der Waals surface area contributed by atoms with E-state index in [0.717, 1.165) is 16.6 Å². The van der Waals surface area contributed by atoms with Gasteiger partial charge in [-0.25, -0.2) is 0 Å². The largest absolute Gasteiger partial charge is 0.496 e. The Morgan fingerprint density at radius 3 is 2.61 bits per heavy atom. The van der Waals surface area contributed by atoms with Crippen molar-refractivity contribution in [3.05, 3.63) is 57.0 Å². The normalized spacial score (nSPS) is 11.7. The van der Waals surface area contributed by atoms with Crippen molar-refractivity contribution >= 4 is 39.4 Å². The number of hydrogen-bond donors (Lipinski definition) is 1. The van der Waals surface area contributed by atoms with Crippen LogP contribution in [0.1, 0.15) is 11.1 Å². The van der Waals surface area contributed by atoms with Crippen LogP contribution in [0.5, 0.6) is 5.75 Å². The van der Waals surface area contributed by atoms with Crippen LogP contribution in [0.15, 0.2) is 46.0 Å². The smallest absolute Gasteiger partial charge is 0.416 e. The average molecular weight is 408 g/mol. The summed E-state index contributed by atoms with van der Waals surface area (Å²) in [6.07, 6.45) is -3.02. The minimum atomic E-state index is -4.45. The summed E-state index contributed by atoms with van der Waals surface area (Å²) >= 11 is 9.20. The Kier molecular flexibility index (Phi) is 5.54. The second kappa shape index (κ2) is 7.23. The molecule has 0 atom stereocenters. The molecule has 1 N–H and O–H groups in total. The topological polar surface area (TPSA) is 33.6 Å². The molecule has 2 aromatic rings. The van der Waals surface area contributed by atoms with Gasteiger partial charge in [0.15, 0.2) is 0 Å². The molecule has 0 saturated carbocycles. The fourth-order valence-corrected chi connectivity index (χ4v) is 2.30. The number of nitrogens with one attached hydrogen (secondary N) is 1. The molecule has 23 heavy (non-hydrogen) atoms. The van der Waals surface area contributed by atoms with Crippen molar-refractivity contribution in [2.24, 2.45) is 5.10 Å². The van der Waals surface area contributed by atoms with Crippen molar-refractivity contribution in [3.63, 3.8) is 0 Å². The summed E-state index contributed by atoms with van der Waals surface area (Å²) < 4.78 is 44.1. The van der Waals surface area contributed by atoms with Gasteiger partial charge in [-0.1, -0.05) is 27.5 Å². The van der Waals surface area contributed by atoms with E-state index in [0.29, 0.717) is 11.3 Å². The number of anilines is 1. The van der Waals surface area contributed by atoms with Crippen molar-refractivity contribution in [1.29, 1.82) is 0 Å². The number of halogens is 5. The summed E-state index contributed by atoms with van der Waals surface area (Å²) in [7, 11) is 1.51. The van der Waals surface area contributed by atoms with Crippen LogP contribution in [0.3, 0.4) is 0 Å². The zero-order valence-electron chi connectivity index (χ0n) is 11.8. The monoisotopic (exact) mass is 406 g/mol. The first-order chi connectivity index (χ1) is 10.8. The molecule has 3 nitrogen and oxygen atoms in total. The number of methoxy groups -OCH3 is 1. The van der Waals surface area contributed by atoms with Crippen LogP contribution in [0.4, 0.5) is 18.9 Å². The lowest BCUT2D eigenvalue weighted by atomic mass is 10.2. The lowest BCUT2D eigenvalue weighted by Gasteiger charge is -2.10. The summed E-state index contributed by atoms with van der Waals surface area (Å²) in [6, 6.07) is 8.28. The lowest BCUT2D eigenvalue weighted by molar-refractivity contribution is -0.137. The number of hydrogen-bond acceptors (Lipinski definition) is 3. The standard InChI is InChI=1S/C15H11BrClF3N2O/c1-23-14-5-3-11(16)6-9(14)8-21-22-13-7-10(15(18,19)20)2-4-12(13)17/h2-8,22H,1H3/b21-8-. The first kappa shape index (κ1) is 17.6. The molecule has 0 heterocycles. The Labute approximate surface area is 144 Å². The van der Waals surface area contributed by atoms with E-state index in [4.69, 9.17) is 16.3 Å². The number of benzene rings is 2. The molecular formula is C15H11BrClF3N2O. The molecule has 2 aromatic carbocycles. The Morgan fingerprint density at radius 1 is 1.22 bits per heavy atom. The van der Waals surface area contributed by atoms with Crippen molar-refractivity contribution in [2.45, 2.75) is 6.18 Å². The highest BCUT2D eigenvalue weighted by Gasteiger charge is 2.30. The highest BCUT2D eigenvalue weighted by atomic mass is 79.9. The van der Waals surface area contributed by atoms with Crippen LogP contribution in [-0.4, -0.2) is 13.3 Å². The van der Waals surface area contributed by atoms with Crippen molar-refractivity contribution < 1.29 is 17.9 Å². The van der Waals surface area contributed by atoms with Gasteiger partial charge in [-0.2, -0.15) is 18.3 Å². The number of hydrazone groups is 1. The molecular weight excluding hydrogens is 397 g/mol. The van der Waals surface area contributed by atoms with Gasteiger partial charge in [-0.3, -0.25) is 5.43 Å². The van der Waals surface area contributed by atoms with Crippen molar-refractivity contribution in [3.8, 4) is 5.75 Å². The molecule has 0 unspecified atom stereocenters. The Hall–Kier alpha value is -1.73. The molecule has 0 aromatic heterocycles. The maximum absolute atomic E-state index is 12.7. The quantitative estimate of drug-likeness (QED) is 0.530.